The van der Waals surface area contributed by atoms with Crippen molar-refractivity contribution >= 4 is 35.6 Å². The molecule has 0 aliphatic carbocycles. The van der Waals surface area contributed by atoms with Gasteiger partial charge >= 0.3 is 11.9 Å². The minimum Gasteiger partial charge on any atom is -0.481 e. The number of carboxylic acids is 2. The molecule has 13 nitrogen and oxygen atoms in total. The van der Waals surface area contributed by atoms with Gasteiger partial charge in [-0.15, -0.1) is 0 Å². The molecule has 0 heterocycles. The van der Waals surface area contributed by atoms with E-state index in [4.69, 9.17) is 21.7 Å². The van der Waals surface area contributed by atoms with E-state index in [0.29, 0.717) is 0 Å². The Hall–Kier alpha value is -3.22. The van der Waals surface area contributed by atoms with Crippen molar-refractivity contribution in [3.8, 4) is 0 Å². The summed E-state index contributed by atoms with van der Waals surface area (Å²) in [6, 6.07) is -5.40. The normalized spacial score (nSPS) is 14.8. The zero-order chi connectivity index (χ0) is 24.5. The predicted octanol–water partition coefficient (Wildman–Crippen LogP) is -2.49. The van der Waals surface area contributed by atoms with Crippen LogP contribution in [-0.2, 0) is 28.8 Å². The molecule has 0 rings (SSSR count). The van der Waals surface area contributed by atoms with Crippen LogP contribution < -0.4 is 27.4 Å². The molecule has 0 fully saturated rings. The quantitative estimate of drug-likeness (QED) is 0.159. The van der Waals surface area contributed by atoms with Crippen LogP contribution in [0.4, 0.5) is 0 Å². The third-order valence-corrected chi connectivity index (χ3v) is 4.30. The van der Waals surface area contributed by atoms with Crippen LogP contribution in [0, 0.1) is 11.8 Å². The Morgan fingerprint density at radius 1 is 0.742 bits per heavy atom. The summed E-state index contributed by atoms with van der Waals surface area (Å²) in [5.74, 6) is -7.28. The Morgan fingerprint density at radius 3 is 1.65 bits per heavy atom. The highest BCUT2D eigenvalue weighted by atomic mass is 16.4. The lowest BCUT2D eigenvalue weighted by molar-refractivity contribution is -0.145. The number of rotatable bonds is 13. The topological polar surface area (TPSA) is 231 Å². The van der Waals surface area contributed by atoms with Crippen molar-refractivity contribution in [1.29, 1.82) is 0 Å². The van der Waals surface area contributed by atoms with Gasteiger partial charge < -0.3 is 37.6 Å². The van der Waals surface area contributed by atoms with Crippen LogP contribution in [-0.4, -0.2) is 69.9 Å². The smallest absolute Gasteiger partial charge is 0.326 e. The average molecular weight is 445 g/mol. The third kappa shape index (κ3) is 9.89. The monoisotopic (exact) mass is 445 g/mol. The maximum atomic E-state index is 12.7. The lowest BCUT2D eigenvalue weighted by atomic mass is 9.99. The van der Waals surface area contributed by atoms with Gasteiger partial charge in [-0.25, -0.2) is 4.79 Å². The number of primary amides is 1. The maximum Gasteiger partial charge on any atom is 0.326 e. The number of carbonyl (C=O) groups excluding carboxylic acids is 4. The van der Waals surface area contributed by atoms with Gasteiger partial charge in [-0.3, -0.25) is 24.0 Å². The zero-order valence-corrected chi connectivity index (χ0v) is 17.9. The van der Waals surface area contributed by atoms with Crippen LogP contribution in [0.5, 0.6) is 0 Å². The maximum absolute atomic E-state index is 12.7. The van der Waals surface area contributed by atoms with E-state index in [2.05, 4.69) is 10.6 Å². The highest BCUT2D eigenvalue weighted by molar-refractivity contribution is 5.96. The van der Waals surface area contributed by atoms with Crippen molar-refractivity contribution in [3.05, 3.63) is 0 Å². The largest absolute Gasteiger partial charge is 0.481 e. The summed E-state index contributed by atoms with van der Waals surface area (Å²) in [6.07, 6.45) is -1.60. The van der Waals surface area contributed by atoms with Gasteiger partial charge in [-0.1, -0.05) is 27.7 Å². The van der Waals surface area contributed by atoms with Gasteiger partial charge in [0.1, 0.15) is 18.1 Å². The molecule has 0 aliphatic heterocycles. The number of carboxylic acid groups (broad SMARTS) is 2. The highest BCUT2D eigenvalue weighted by Gasteiger charge is 2.33. The number of nitrogens with one attached hydrogen (secondary N) is 3. The molecule has 0 radical (unpaired) electrons. The Bertz CT molecular complexity index is 709. The van der Waals surface area contributed by atoms with E-state index in [1.165, 1.54) is 0 Å². The zero-order valence-electron chi connectivity index (χ0n) is 17.9. The molecule has 4 amide bonds. The van der Waals surface area contributed by atoms with Crippen molar-refractivity contribution in [1.82, 2.24) is 16.0 Å². The van der Waals surface area contributed by atoms with E-state index >= 15 is 0 Å². The molecule has 0 saturated carbocycles. The molecule has 176 valence electrons. The second kappa shape index (κ2) is 12.5. The van der Waals surface area contributed by atoms with Crippen LogP contribution >= 0.6 is 0 Å². The highest BCUT2D eigenvalue weighted by Crippen LogP contribution is 2.07. The second-order valence-corrected chi connectivity index (χ2v) is 7.73. The second-order valence-electron chi connectivity index (χ2n) is 7.73. The summed E-state index contributed by atoms with van der Waals surface area (Å²) in [7, 11) is 0. The Morgan fingerprint density at radius 2 is 1.26 bits per heavy atom. The molecular formula is C18H31N5O8. The average Bonchev–Trinajstić information content (AvgIpc) is 2.62. The number of hydrogen-bond donors (Lipinski definition) is 7. The van der Waals surface area contributed by atoms with E-state index in [1.807, 2.05) is 5.32 Å². The van der Waals surface area contributed by atoms with Crippen molar-refractivity contribution < 1.29 is 39.0 Å². The van der Waals surface area contributed by atoms with E-state index in [9.17, 15) is 28.8 Å². The number of carbonyl (C=O) groups is 6. The van der Waals surface area contributed by atoms with Crippen LogP contribution in [0.3, 0.4) is 0 Å². The molecule has 31 heavy (non-hydrogen) atoms. The van der Waals surface area contributed by atoms with E-state index in [1.54, 1.807) is 27.7 Å². The Kier molecular flexibility index (Phi) is 11.2. The summed E-state index contributed by atoms with van der Waals surface area (Å²) < 4.78 is 0. The molecule has 0 aromatic carbocycles. The molecule has 4 atom stereocenters. The van der Waals surface area contributed by atoms with E-state index in [-0.39, 0.29) is 5.92 Å². The van der Waals surface area contributed by atoms with Crippen molar-refractivity contribution in [2.75, 3.05) is 0 Å². The first-order chi connectivity index (χ1) is 14.2. The van der Waals surface area contributed by atoms with Gasteiger partial charge in [0.15, 0.2) is 0 Å². The van der Waals surface area contributed by atoms with Crippen molar-refractivity contribution in [2.45, 2.75) is 64.7 Å². The summed E-state index contributed by atoms with van der Waals surface area (Å²) in [4.78, 5) is 70.6. The first kappa shape index (κ1) is 27.8. The molecule has 0 bridgehead atoms. The molecule has 13 heteroatoms. The molecule has 4 unspecified atom stereocenters. The lowest BCUT2D eigenvalue weighted by Crippen LogP contribution is -2.59. The van der Waals surface area contributed by atoms with Crippen LogP contribution in [0.15, 0.2) is 0 Å². The van der Waals surface area contributed by atoms with E-state index < -0.39 is 78.5 Å². The first-order valence-electron chi connectivity index (χ1n) is 9.56. The number of hydrogen-bond acceptors (Lipinski definition) is 7. The van der Waals surface area contributed by atoms with Gasteiger partial charge in [-0.05, 0) is 11.8 Å². The fourth-order valence-electron chi connectivity index (χ4n) is 2.41. The standard InChI is InChI=1S/C18H31N5O8/c1-7(2)13(20)16(28)23-14(8(3)4)17(29)21-9(6-12(25)26)15(27)22-10(18(30)31)5-11(19)24/h7-10,13-14H,5-6,20H2,1-4H3,(H2,19,24)(H,21,29)(H,22,27)(H,23,28)(H,25,26)(H,30,31). The predicted molar refractivity (Wildman–Crippen MR) is 107 cm³/mol. The fraction of sp³-hybridized carbons (Fsp3) is 0.667. The van der Waals surface area contributed by atoms with Gasteiger partial charge in [0, 0.05) is 0 Å². The minimum atomic E-state index is -1.71. The SMILES string of the molecule is CC(C)C(N)C(=O)NC(C(=O)NC(CC(=O)O)C(=O)NC(CC(N)=O)C(=O)O)C(C)C. The number of nitrogens with two attached hydrogens (primary N) is 2. The molecule has 0 spiro atoms. The van der Waals surface area contributed by atoms with Crippen molar-refractivity contribution in [2.24, 2.45) is 23.3 Å². The van der Waals surface area contributed by atoms with Gasteiger partial charge in [-0.2, -0.15) is 0 Å². The minimum absolute atomic E-state index is 0.209. The van der Waals surface area contributed by atoms with Crippen LogP contribution in [0.2, 0.25) is 0 Å². The first-order valence-corrected chi connectivity index (χ1v) is 9.56. The summed E-state index contributed by atoms with van der Waals surface area (Å²) in [5.41, 5.74) is 10.7. The molecule has 0 aliphatic rings. The molecule has 0 saturated heterocycles. The lowest BCUT2D eigenvalue weighted by Gasteiger charge is -2.27. The van der Waals surface area contributed by atoms with Crippen LogP contribution in [0.25, 0.3) is 0 Å². The molecule has 9 N–H and O–H groups in total. The Balaban J connectivity index is 5.49. The number of aliphatic carboxylic acids is 2. The summed E-state index contributed by atoms with van der Waals surface area (Å²) in [5, 5.41) is 24.8. The van der Waals surface area contributed by atoms with Gasteiger partial charge in [0.25, 0.3) is 0 Å². The molecular weight excluding hydrogens is 414 g/mol. The van der Waals surface area contributed by atoms with Gasteiger partial charge in [0.2, 0.25) is 23.6 Å². The Labute approximate surface area is 179 Å². The fourth-order valence-corrected chi connectivity index (χ4v) is 2.41. The molecule has 0 aromatic rings. The molecule has 0 aromatic heterocycles. The van der Waals surface area contributed by atoms with Gasteiger partial charge in [0.05, 0.1) is 18.9 Å². The summed E-state index contributed by atoms with van der Waals surface area (Å²) in [6.45, 7) is 6.66. The summed E-state index contributed by atoms with van der Waals surface area (Å²) >= 11 is 0. The third-order valence-electron chi connectivity index (χ3n) is 4.30. The number of amides is 4. The van der Waals surface area contributed by atoms with E-state index in [0.717, 1.165) is 0 Å². The van der Waals surface area contributed by atoms with Crippen molar-refractivity contribution in [3.63, 3.8) is 0 Å². The van der Waals surface area contributed by atoms with Crippen LogP contribution in [0.1, 0.15) is 40.5 Å².